The van der Waals surface area contributed by atoms with Gasteiger partial charge in [0.1, 0.15) is 11.1 Å². The first-order valence-electron chi connectivity index (χ1n) is 11.6. The molecule has 0 radical (unpaired) electrons. The first-order chi connectivity index (χ1) is 15.4. The summed E-state index contributed by atoms with van der Waals surface area (Å²) in [5.74, 6) is -0.781. The van der Waals surface area contributed by atoms with Crippen molar-refractivity contribution >= 4 is 17.5 Å². The van der Waals surface area contributed by atoms with Crippen LogP contribution in [0.15, 0.2) is 35.4 Å². The molecule has 1 fully saturated rings. The Labute approximate surface area is 196 Å². The van der Waals surface area contributed by atoms with Gasteiger partial charge in [-0.2, -0.15) is 0 Å². The minimum Gasteiger partial charge on any atom is -0.368 e. The fourth-order valence-electron chi connectivity index (χ4n) is 4.02. The lowest BCUT2D eigenvalue weighted by Crippen LogP contribution is -2.50. The molecule has 0 bridgehead atoms. The summed E-state index contributed by atoms with van der Waals surface area (Å²) in [6.07, 6.45) is 3.13. The molecule has 2 aromatic rings. The monoisotopic (exact) mass is 452 g/mol. The number of benzene rings is 1. The molecule has 0 spiro atoms. The molecule has 3 rings (SSSR count). The quantitative estimate of drug-likeness (QED) is 0.770. The van der Waals surface area contributed by atoms with Crippen LogP contribution in [0.5, 0.6) is 0 Å². The van der Waals surface area contributed by atoms with Gasteiger partial charge in [0.25, 0.3) is 11.8 Å². The topological polar surface area (TPSA) is 74.7 Å². The van der Waals surface area contributed by atoms with Crippen molar-refractivity contribution < 1.29 is 9.59 Å². The average Bonchev–Trinajstić information content (AvgIpc) is 2.74. The van der Waals surface area contributed by atoms with Gasteiger partial charge in [-0.05, 0) is 65.7 Å². The van der Waals surface area contributed by atoms with Crippen molar-refractivity contribution in [1.82, 2.24) is 14.8 Å². The number of aryl methyl sites for hydroxylation is 1. The van der Waals surface area contributed by atoms with Gasteiger partial charge in [-0.1, -0.05) is 12.1 Å². The number of piperazine rings is 1. The van der Waals surface area contributed by atoms with Gasteiger partial charge in [0.15, 0.2) is 0 Å². The lowest BCUT2D eigenvalue weighted by Gasteiger charge is -2.37. The highest BCUT2D eigenvalue weighted by Gasteiger charge is 2.28. The molecule has 1 N–H and O–H groups in total. The SMILES string of the molecule is Cc1cccc(N2CCN(C(=O)c3cn(C(C)C)cc(C(=O)NC(C)(C)C)c3=O)CC2)c1C. The third-order valence-electron chi connectivity index (χ3n) is 6.09. The van der Waals surface area contributed by atoms with Crippen LogP contribution in [0.2, 0.25) is 0 Å². The van der Waals surface area contributed by atoms with Crippen molar-refractivity contribution in [3.05, 3.63) is 63.1 Å². The van der Waals surface area contributed by atoms with Crippen LogP contribution in [-0.4, -0.2) is 53.0 Å². The third kappa shape index (κ3) is 5.46. The van der Waals surface area contributed by atoms with Crippen LogP contribution >= 0.6 is 0 Å². The van der Waals surface area contributed by atoms with Crippen molar-refractivity contribution in [3.63, 3.8) is 0 Å². The molecule has 2 amide bonds. The van der Waals surface area contributed by atoms with Gasteiger partial charge in [-0.3, -0.25) is 14.4 Å². The molecule has 1 saturated heterocycles. The van der Waals surface area contributed by atoms with Crippen LogP contribution in [0.4, 0.5) is 5.69 Å². The molecule has 1 aliphatic heterocycles. The van der Waals surface area contributed by atoms with Crippen LogP contribution < -0.4 is 15.6 Å². The second kappa shape index (κ2) is 9.41. The number of carbonyl (C=O) groups is 2. The number of hydrogen-bond acceptors (Lipinski definition) is 4. The number of amides is 2. The first-order valence-corrected chi connectivity index (χ1v) is 11.6. The van der Waals surface area contributed by atoms with E-state index in [9.17, 15) is 14.4 Å². The number of nitrogens with zero attached hydrogens (tertiary/aromatic N) is 3. The molecule has 33 heavy (non-hydrogen) atoms. The average molecular weight is 453 g/mol. The highest BCUT2D eigenvalue weighted by molar-refractivity contribution is 5.99. The van der Waals surface area contributed by atoms with Gasteiger partial charge in [0, 0.05) is 55.8 Å². The molecule has 1 aromatic heterocycles. The predicted octanol–water partition coefficient (Wildman–Crippen LogP) is 3.54. The summed E-state index contributed by atoms with van der Waals surface area (Å²) in [5, 5.41) is 2.84. The number of anilines is 1. The fourth-order valence-corrected chi connectivity index (χ4v) is 4.02. The Morgan fingerprint density at radius 1 is 0.970 bits per heavy atom. The highest BCUT2D eigenvalue weighted by atomic mass is 16.2. The largest absolute Gasteiger partial charge is 0.368 e. The van der Waals surface area contributed by atoms with Crippen LogP contribution in [0.3, 0.4) is 0 Å². The van der Waals surface area contributed by atoms with Gasteiger partial charge in [-0.15, -0.1) is 0 Å². The van der Waals surface area contributed by atoms with Gasteiger partial charge in [0.05, 0.1) is 0 Å². The summed E-state index contributed by atoms with van der Waals surface area (Å²) in [4.78, 5) is 43.4. The van der Waals surface area contributed by atoms with Crippen LogP contribution in [0.1, 0.15) is 72.5 Å². The number of hydrogen-bond donors (Lipinski definition) is 1. The smallest absolute Gasteiger partial charge is 0.259 e. The maximum Gasteiger partial charge on any atom is 0.259 e. The summed E-state index contributed by atoms with van der Waals surface area (Å²) < 4.78 is 1.76. The highest BCUT2D eigenvalue weighted by Crippen LogP contribution is 2.24. The van der Waals surface area contributed by atoms with Crippen molar-refractivity contribution in [3.8, 4) is 0 Å². The molecule has 0 saturated carbocycles. The van der Waals surface area contributed by atoms with Crippen LogP contribution in [0, 0.1) is 13.8 Å². The Morgan fingerprint density at radius 2 is 1.58 bits per heavy atom. The van der Waals surface area contributed by atoms with Gasteiger partial charge in [-0.25, -0.2) is 0 Å². The van der Waals surface area contributed by atoms with E-state index in [2.05, 4.69) is 42.3 Å². The standard InChI is InChI=1S/C26H36N4O3/c1-17(2)30-15-20(24(32)27-26(5,6)7)23(31)21(16-30)25(33)29-13-11-28(12-14-29)22-10-8-9-18(3)19(22)4/h8-10,15-17H,11-14H2,1-7H3,(H,27,32). The molecular weight excluding hydrogens is 416 g/mol. The molecular formula is C26H36N4O3. The van der Waals surface area contributed by atoms with Gasteiger partial charge >= 0.3 is 0 Å². The zero-order valence-corrected chi connectivity index (χ0v) is 20.9. The van der Waals surface area contributed by atoms with Crippen molar-refractivity contribution in [1.29, 1.82) is 0 Å². The number of rotatable bonds is 4. The Hall–Kier alpha value is -3.09. The van der Waals surface area contributed by atoms with Gasteiger partial charge in [0.2, 0.25) is 5.43 Å². The predicted molar refractivity (Wildman–Crippen MR) is 132 cm³/mol. The molecule has 7 heteroatoms. The summed E-state index contributed by atoms with van der Waals surface area (Å²) in [6.45, 7) is 16.1. The molecule has 2 heterocycles. The number of carbonyl (C=O) groups excluding carboxylic acids is 2. The van der Waals surface area contributed by atoms with E-state index in [1.807, 2.05) is 34.6 Å². The molecule has 0 unspecified atom stereocenters. The zero-order valence-electron chi connectivity index (χ0n) is 20.9. The minimum atomic E-state index is -0.518. The third-order valence-corrected chi connectivity index (χ3v) is 6.09. The van der Waals surface area contributed by atoms with Crippen molar-refractivity contribution in [2.24, 2.45) is 0 Å². The summed E-state index contributed by atoms with van der Waals surface area (Å²) >= 11 is 0. The first kappa shape index (κ1) is 24.6. The normalized spacial score (nSPS) is 14.5. The molecule has 1 aliphatic rings. The van der Waals surface area contributed by atoms with Crippen molar-refractivity contribution in [2.45, 2.75) is 60.0 Å². The minimum absolute atomic E-state index is 0.000482. The van der Waals surface area contributed by atoms with E-state index in [1.165, 1.54) is 16.8 Å². The lowest BCUT2D eigenvalue weighted by atomic mass is 10.1. The number of aromatic nitrogens is 1. The molecule has 7 nitrogen and oxygen atoms in total. The fraction of sp³-hybridized carbons (Fsp3) is 0.500. The van der Waals surface area contributed by atoms with Gasteiger partial charge < -0.3 is 19.7 Å². The van der Waals surface area contributed by atoms with E-state index in [1.54, 1.807) is 21.9 Å². The Morgan fingerprint density at radius 3 is 2.15 bits per heavy atom. The van der Waals surface area contributed by atoms with Crippen LogP contribution in [0.25, 0.3) is 0 Å². The Kier molecular flexibility index (Phi) is 7.00. The molecule has 0 atom stereocenters. The molecule has 178 valence electrons. The lowest BCUT2D eigenvalue weighted by molar-refractivity contribution is 0.0744. The molecule has 1 aromatic carbocycles. The van der Waals surface area contributed by atoms with E-state index < -0.39 is 16.9 Å². The Balaban J connectivity index is 1.86. The van der Waals surface area contributed by atoms with E-state index in [0.717, 1.165) is 0 Å². The summed E-state index contributed by atoms with van der Waals surface area (Å²) in [5.41, 5.74) is 2.71. The van der Waals surface area contributed by atoms with E-state index in [4.69, 9.17) is 0 Å². The van der Waals surface area contributed by atoms with Crippen LogP contribution in [-0.2, 0) is 0 Å². The van der Waals surface area contributed by atoms with Crippen molar-refractivity contribution in [2.75, 3.05) is 31.1 Å². The second-order valence-electron chi connectivity index (χ2n) is 10.2. The maximum absolute atomic E-state index is 13.4. The molecule has 0 aliphatic carbocycles. The van der Waals surface area contributed by atoms with E-state index in [0.29, 0.717) is 26.2 Å². The van der Waals surface area contributed by atoms with E-state index in [-0.39, 0.29) is 23.1 Å². The maximum atomic E-state index is 13.4. The van der Waals surface area contributed by atoms with E-state index >= 15 is 0 Å². The Bertz CT molecular complexity index is 1100. The number of nitrogens with one attached hydrogen (secondary N) is 1. The summed E-state index contributed by atoms with van der Waals surface area (Å²) in [7, 11) is 0. The summed E-state index contributed by atoms with van der Waals surface area (Å²) in [6, 6.07) is 6.26. The zero-order chi connectivity index (χ0) is 24.5. The second-order valence-corrected chi connectivity index (χ2v) is 10.2. The number of pyridine rings is 1.